The highest BCUT2D eigenvalue weighted by atomic mass is 35.5. The summed E-state index contributed by atoms with van der Waals surface area (Å²) in [6.07, 6.45) is 0. The molecule has 0 heterocycles. The zero-order valence-corrected chi connectivity index (χ0v) is 12.8. The summed E-state index contributed by atoms with van der Waals surface area (Å²) in [6.45, 7) is 0. The number of nitrogen functional groups attached to an aromatic ring is 1. The third-order valence-corrected chi connectivity index (χ3v) is 3.27. The van der Waals surface area contributed by atoms with Gasteiger partial charge in [-0.2, -0.15) is 5.11 Å². The van der Waals surface area contributed by atoms with Gasteiger partial charge in [0.15, 0.2) is 0 Å². The van der Waals surface area contributed by atoms with Crippen molar-refractivity contribution in [2.45, 2.75) is 0 Å². The third-order valence-electron chi connectivity index (χ3n) is 2.70. The van der Waals surface area contributed by atoms with E-state index in [0.29, 0.717) is 17.1 Å². The molecule has 7 nitrogen and oxygen atoms in total. The van der Waals surface area contributed by atoms with E-state index < -0.39 is 4.92 Å². The lowest BCUT2D eigenvalue weighted by atomic mass is 10.2. The van der Waals surface area contributed by atoms with Gasteiger partial charge in [0.25, 0.3) is 5.69 Å². The first kappa shape index (κ1) is 16.0. The fourth-order valence-corrected chi connectivity index (χ4v) is 2.17. The van der Waals surface area contributed by atoms with Crippen LogP contribution in [0.4, 0.5) is 22.7 Å². The minimum absolute atomic E-state index is 0.0327. The number of nitro groups is 1. The number of anilines is 1. The second kappa shape index (κ2) is 6.59. The molecule has 0 aromatic heterocycles. The van der Waals surface area contributed by atoms with Crippen LogP contribution in [0.3, 0.4) is 0 Å². The molecule has 0 aliphatic carbocycles. The molecule has 2 N–H and O–H groups in total. The Hall–Kier alpha value is -2.38. The molecule has 0 aliphatic rings. The van der Waals surface area contributed by atoms with E-state index in [0.717, 1.165) is 12.1 Å². The average molecular weight is 341 g/mol. The Kier molecular flexibility index (Phi) is 4.79. The Bertz CT molecular complexity index is 742. The molecule has 0 bridgehead atoms. The van der Waals surface area contributed by atoms with E-state index in [1.54, 1.807) is 18.2 Å². The molecule has 9 heteroatoms. The Morgan fingerprint density at radius 1 is 1.18 bits per heavy atom. The molecule has 0 amide bonds. The molecule has 22 heavy (non-hydrogen) atoms. The molecule has 0 radical (unpaired) electrons. The predicted octanol–water partition coefficient (Wildman–Crippen LogP) is 4.91. The third kappa shape index (κ3) is 3.44. The SMILES string of the molecule is COc1cc(N=Nc2c(Cl)cc([N+](=O)[O-])cc2Cl)ccc1N. The first-order chi connectivity index (χ1) is 10.4. The summed E-state index contributed by atoms with van der Waals surface area (Å²) in [4.78, 5) is 10.1. The van der Waals surface area contributed by atoms with Crippen LogP contribution in [0.25, 0.3) is 0 Å². The smallest absolute Gasteiger partial charge is 0.272 e. The van der Waals surface area contributed by atoms with Gasteiger partial charge < -0.3 is 10.5 Å². The van der Waals surface area contributed by atoms with Gasteiger partial charge >= 0.3 is 0 Å². The van der Waals surface area contributed by atoms with E-state index in [4.69, 9.17) is 33.7 Å². The second-order valence-electron chi connectivity index (χ2n) is 4.14. The zero-order valence-electron chi connectivity index (χ0n) is 11.3. The van der Waals surface area contributed by atoms with E-state index in [2.05, 4.69) is 10.2 Å². The Morgan fingerprint density at radius 2 is 1.82 bits per heavy atom. The topological polar surface area (TPSA) is 103 Å². The zero-order chi connectivity index (χ0) is 16.3. The highest BCUT2D eigenvalue weighted by Gasteiger charge is 2.14. The molecular formula is C13H10Cl2N4O3. The molecule has 0 atom stereocenters. The van der Waals surface area contributed by atoms with Gasteiger partial charge in [-0.1, -0.05) is 23.2 Å². The minimum Gasteiger partial charge on any atom is -0.495 e. The van der Waals surface area contributed by atoms with Crippen molar-refractivity contribution in [1.82, 2.24) is 0 Å². The highest BCUT2D eigenvalue weighted by molar-refractivity contribution is 6.39. The Labute approximate surface area is 135 Å². The highest BCUT2D eigenvalue weighted by Crippen LogP contribution is 2.38. The van der Waals surface area contributed by atoms with Gasteiger partial charge in [-0.05, 0) is 12.1 Å². The van der Waals surface area contributed by atoms with Crippen LogP contribution < -0.4 is 10.5 Å². The fraction of sp³-hybridized carbons (Fsp3) is 0.0769. The van der Waals surface area contributed by atoms with Crippen molar-refractivity contribution in [3.8, 4) is 5.75 Å². The maximum Gasteiger partial charge on any atom is 0.272 e. The first-order valence-corrected chi connectivity index (χ1v) is 6.66. The van der Waals surface area contributed by atoms with E-state index >= 15 is 0 Å². The molecule has 2 rings (SSSR count). The number of methoxy groups -OCH3 is 1. The van der Waals surface area contributed by atoms with Crippen molar-refractivity contribution in [3.05, 3.63) is 50.5 Å². The quantitative estimate of drug-likeness (QED) is 0.369. The standard InChI is InChI=1S/C13H10Cl2N4O3/c1-22-12-4-7(2-3-11(12)16)17-18-13-9(14)5-8(19(20)21)6-10(13)15/h2-6H,16H2,1H3. The van der Waals surface area contributed by atoms with Gasteiger partial charge in [-0.3, -0.25) is 10.1 Å². The number of nitrogens with two attached hydrogens (primary N) is 1. The molecule has 0 spiro atoms. The van der Waals surface area contributed by atoms with E-state index in [1.807, 2.05) is 0 Å². The molecule has 0 saturated heterocycles. The summed E-state index contributed by atoms with van der Waals surface area (Å²) in [6, 6.07) is 7.16. The fourth-order valence-electron chi connectivity index (χ4n) is 1.62. The second-order valence-corrected chi connectivity index (χ2v) is 4.96. The molecule has 0 fully saturated rings. The van der Waals surface area contributed by atoms with Crippen molar-refractivity contribution in [2.75, 3.05) is 12.8 Å². The molecule has 0 unspecified atom stereocenters. The van der Waals surface area contributed by atoms with Crippen LogP contribution in [0.15, 0.2) is 40.6 Å². The number of non-ortho nitro benzene ring substituents is 1. The number of ether oxygens (including phenoxy) is 1. The van der Waals surface area contributed by atoms with Crippen LogP contribution in [-0.2, 0) is 0 Å². The van der Waals surface area contributed by atoms with Crippen LogP contribution in [0.5, 0.6) is 5.75 Å². The van der Waals surface area contributed by atoms with Gasteiger partial charge in [0.2, 0.25) is 0 Å². The number of hydrogen-bond acceptors (Lipinski definition) is 6. The summed E-state index contributed by atoms with van der Waals surface area (Å²) < 4.78 is 5.07. The molecular weight excluding hydrogens is 331 g/mol. The summed E-state index contributed by atoms with van der Waals surface area (Å²) in [5.41, 5.74) is 6.56. The summed E-state index contributed by atoms with van der Waals surface area (Å²) in [5.74, 6) is 0.456. The summed E-state index contributed by atoms with van der Waals surface area (Å²) in [7, 11) is 1.48. The molecule has 114 valence electrons. The van der Waals surface area contributed by atoms with Crippen molar-refractivity contribution in [1.29, 1.82) is 0 Å². The Morgan fingerprint density at radius 3 is 2.36 bits per heavy atom. The van der Waals surface area contributed by atoms with Crippen LogP contribution in [-0.4, -0.2) is 12.0 Å². The number of hydrogen-bond donors (Lipinski definition) is 1. The number of nitrogens with zero attached hydrogens (tertiary/aromatic N) is 3. The monoisotopic (exact) mass is 340 g/mol. The van der Waals surface area contributed by atoms with Crippen molar-refractivity contribution < 1.29 is 9.66 Å². The Balaban J connectivity index is 2.36. The van der Waals surface area contributed by atoms with Gasteiger partial charge in [0.1, 0.15) is 11.4 Å². The maximum absolute atomic E-state index is 10.7. The van der Waals surface area contributed by atoms with Crippen molar-refractivity contribution in [3.63, 3.8) is 0 Å². The number of azo groups is 1. The lowest BCUT2D eigenvalue weighted by Gasteiger charge is -2.04. The van der Waals surface area contributed by atoms with E-state index in [9.17, 15) is 10.1 Å². The van der Waals surface area contributed by atoms with Crippen molar-refractivity contribution >= 4 is 46.0 Å². The number of nitro benzene ring substituents is 1. The van der Waals surface area contributed by atoms with Crippen LogP contribution in [0.2, 0.25) is 10.0 Å². The molecule has 0 saturated carbocycles. The van der Waals surface area contributed by atoms with Crippen molar-refractivity contribution in [2.24, 2.45) is 10.2 Å². The average Bonchev–Trinajstić information content (AvgIpc) is 2.47. The molecule has 2 aromatic rings. The molecule has 2 aromatic carbocycles. The van der Waals surface area contributed by atoms with E-state index in [-0.39, 0.29) is 21.4 Å². The number of rotatable bonds is 4. The normalized spacial score (nSPS) is 10.9. The van der Waals surface area contributed by atoms with Gasteiger partial charge in [0, 0.05) is 18.2 Å². The lowest BCUT2D eigenvalue weighted by Crippen LogP contribution is -1.90. The predicted molar refractivity (Wildman–Crippen MR) is 84.7 cm³/mol. The summed E-state index contributed by atoms with van der Waals surface area (Å²) >= 11 is 11.9. The lowest BCUT2D eigenvalue weighted by molar-refractivity contribution is -0.384. The number of benzene rings is 2. The number of halogens is 2. The van der Waals surface area contributed by atoms with E-state index in [1.165, 1.54) is 7.11 Å². The van der Waals surface area contributed by atoms with Crippen LogP contribution >= 0.6 is 23.2 Å². The first-order valence-electron chi connectivity index (χ1n) is 5.91. The minimum atomic E-state index is -0.594. The van der Waals surface area contributed by atoms with Crippen LogP contribution in [0.1, 0.15) is 0 Å². The van der Waals surface area contributed by atoms with Crippen LogP contribution in [0, 0.1) is 10.1 Å². The molecule has 0 aliphatic heterocycles. The maximum atomic E-state index is 10.7. The largest absolute Gasteiger partial charge is 0.495 e. The summed E-state index contributed by atoms with van der Waals surface area (Å²) in [5, 5.41) is 18.7. The van der Waals surface area contributed by atoms with Gasteiger partial charge in [0.05, 0.1) is 33.5 Å². The van der Waals surface area contributed by atoms with Gasteiger partial charge in [-0.15, -0.1) is 5.11 Å². The van der Waals surface area contributed by atoms with Gasteiger partial charge in [-0.25, -0.2) is 0 Å².